The molecule has 2 N–H and O–H groups in total. The van der Waals surface area contributed by atoms with E-state index in [1.54, 1.807) is 0 Å². The van der Waals surface area contributed by atoms with E-state index in [2.05, 4.69) is 26.4 Å². The summed E-state index contributed by atoms with van der Waals surface area (Å²) in [6, 6.07) is 0. The van der Waals surface area contributed by atoms with E-state index in [-0.39, 0.29) is 0 Å². The van der Waals surface area contributed by atoms with E-state index < -0.39 is 0 Å². The van der Waals surface area contributed by atoms with E-state index in [1.165, 1.54) is 12.0 Å². The Morgan fingerprint density at radius 2 is 1.91 bits per heavy atom. The lowest BCUT2D eigenvalue weighted by atomic mass is 10.2. The van der Waals surface area contributed by atoms with Gasteiger partial charge in [0.15, 0.2) is 5.82 Å². The number of hydrogen-bond acceptors (Lipinski definition) is 5. The summed E-state index contributed by atoms with van der Waals surface area (Å²) < 4.78 is 7.59. The summed E-state index contributed by atoms with van der Waals surface area (Å²) in [6.07, 6.45) is 4.23. The summed E-state index contributed by atoms with van der Waals surface area (Å²) in [7, 11) is 0. The molecule has 3 heterocycles. The number of aryl methyl sites for hydroxylation is 3. The standard InChI is InChI=1S/C16H25N5O/c1-12-13(2)19-16(17)14-15(12)21(11-18-14)6-4-3-5-20-7-9-22-10-8-20/h11H,3-10H2,1-2H3,(H2,17,19). The maximum absolute atomic E-state index is 5.99. The Bertz CT molecular complexity index is 646. The van der Waals surface area contributed by atoms with Crippen molar-refractivity contribution >= 4 is 16.9 Å². The topological polar surface area (TPSA) is 69.2 Å². The number of rotatable bonds is 5. The number of pyridine rings is 1. The van der Waals surface area contributed by atoms with Gasteiger partial charge in [0, 0.05) is 25.3 Å². The van der Waals surface area contributed by atoms with E-state index in [4.69, 9.17) is 10.5 Å². The minimum Gasteiger partial charge on any atom is -0.382 e. The monoisotopic (exact) mass is 303 g/mol. The molecular weight excluding hydrogens is 278 g/mol. The van der Waals surface area contributed by atoms with Crippen LogP contribution in [0.1, 0.15) is 24.1 Å². The molecule has 0 aromatic carbocycles. The minimum atomic E-state index is 0.533. The zero-order valence-corrected chi connectivity index (χ0v) is 13.5. The molecule has 1 aliphatic rings. The molecule has 6 nitrogen and oxygen atoms in total. The van der Waals surface area contributed by atoms with Gasteiger partial charge in [0.1, 0.15) is 5.52 Å². The summed E-state index contributed by atoms with van der Waals surface area (Å²) in [5.74, 6) is 0.533. The fourth-order valence-corrected chi connectivity index (χ4v) is 3.06. The van der Waals surface area contributed by atoms with Gasteiger partial charge < -0.3 is 15.0 Å². The molecule has 0 saturated carbocycles. The molecule has 3 rings (SSSR count). The number of imidazole rings is 1. The summed E-state index contributed by atoms with van der Waals surface area (Å²) >= 11 is 0. The van der Waals surface area contributed by atoms with Crippen molar-refractivity contribution in [3.05, 3.63) is 17.6 Å². The number of nitrogen functional groups attached to an aromatic ring is 1. The average Bonchev–Trinajstić information content (AvgIpc) is 2.95. The molecule has 0 unspecified atom stereocenters. The highest BCUT2D eigenvalue weighted by Gasteiger charge is 2.13. The van der Waals surface area contributed by atoms with Crippen molar-refractivity contribution in [1.82, 2.24) is 19.4 Å². The second-order valence-electron chi connectivity index (χ2n) is 6.00. The Hall–Kier alpha value is -1.66. The van der Waals surface area contributed by atoms with E-state index in [0.717, 1.165) is 62.5 Å². The summed E-state index contributed by atoms with van der Waals surface area (Å²) in [5, 5.41) is 0. The lowest BCUT2D eigenvalue weighted by molar-refractivity contribution is 0.0371. The van der Waals surface area contributed by atoms with Gasteiger partial charge in [-0.15, -0.1) is 0 Å². The Morgan fingerprint density at radius 3 is 2.68 bits per heavy atom. The SMILES string of the molecule is Cc1nc(N)c2ncn(CCCCN3CCOCC3)c2c1C. The molecule has 0 atom stereocenters. The predicted octanol–water partition coefficient (Wildman–Crippen LogP) is 1.74. The number of nitrogens with two attached hydrogens (primary N) is 1. The molecule has 2 aromatic rings. The number of anilines is 1. The molecule has 1 aliphatic heterocycles. The van der Waals surface area contributed by atoms with Gasteiger partial charge in [-0.05, 0) is 38.8 Å². The van der Waals surface area contributed by atoms with Crippen molar-refractivity contribution in [3.63, 3.8) is 0 Å². The fourth-order valence-electron chi connectivity index (χ4n) is 3.06. The third-order valence-electron chi connectivity index (χ3n) is 4.49. The number of fused-ring (bicyclic) bond motifs is 1. The van der Waals surface area contributed by atoms with E-state index >= 15 is 0 Å². The van der Waals surface area contributed by atoms with Gasteiger partial charge in [-0.2, -0.15) is 0 Å². The predicted molar refractivity (Wildman–Crippen MR) is 87.9 cm³/mol. The molecule has 1 saturated heterocycles. The minimum absolute atomic E-state index is 0.533. The summed E-state index contributed by atoms with van der Waals surface area (Å²) in [6.45, 7) is 10.1. The second kappa shape index (κ2) is 6.62. The van der Waals surface area contributed by atoms with Crippen LogP contribution in [0.4, 0.5) is 5.82 Å². The highest BCUT2D eigenvalue weighted by atomic mass is 16.5. The summed E-state index contributed by atoms with van der Waals surface area (Å²) in [5.41, 5.74) is 10.1. The zero-order valence-electron chi connectivity index (χ0n) is 13.5. The van der Waals surface area contributed by atoms with Crippen LogP contribution >= 0.6 is 0 Å². The van der Waals surface area contributed by atoms with Crippen LogP contribution in [0.2, 0.25) is 0 Å². The van der Waals surface area contributed by atoms with Crippen molar-refractivity contribution in [1.29, 1.82) is 0 Å². The Balaban J connectivity index is 1.62. The van der Waals surface area contributed by atoms with Crippen molar-refractivity contribution in [2.24, 2.45) is 0 Å². The van der Waals surface area contributed by atoms with Crippen molar-refractivity contribution in [2.45, 2.75) is 33.2 Å². The molecule has 1 fully saturated rings. The van der Waals surface area contributed by atoms with E-state index in [1.807, 2.05) is 13.3 Å². The molecule has 6 heteroatoms. The normalized spacial score (nSPS) is 16.5. The van der Waals surface area contributed by atoms with Gasteiger partial charge in [0.2, 0.25) is 0 Å². The number of nitrogens with zero attached hydrogens (tertiary/aromatic N) is 4. The third-order valence-corrected chi connectivity index (χ3v) is 4.49. The molecule has 0 radical (unpaired) electrons. The largest absolute Gasteiger partial charge is 0.382 e. The number of morpholine rings is 1. The number of unbranched alkanes of at least 4 members (excludes halogenated alkanes) is 1. The van der Waals surface area contributed by atoms with Crippen molar-refractivity contribution in [2.75, 3.05) is 38.6 Å². The van der Waals surface area contributed by atoms with Gasteiger partial charge in [-0.25, -0.2) is 9.97 Å². The molecule has 120 valence electrons. The quantitative estimate of drug-likeness (QED) is 0.852. The van der Waals surface area contributed by atoms with Crippen molar-refractivity contribution in [3.8, 4) is 0 Å². The average molecular weight is 303 g/mol. The zero-order chi connectivity index (χ0) is 15.5. The fraction of sp³-hybridized carbons (Fsp3) is 0.625. The first kappa shape index (κ1) is 15.2. The van der Waals surface area contributed by atoms with Crippen LogP contribution in [0.5, 0.6) is 0 Å². The van der Waals surface area contributed by atoms with Crippen LogP contribution in [0.25, 0.3) is 11.0 Å². The Labute approximate surface area is 131 Å². The number of aromatic nitrogens is 3. The molecule has 2 aromatic heterocycles. The van der Waals surface area contributed by atoms with Crippen LogP contribution in [-0.4, -0.2) is 52.3 Å². The maximum atomic E-state index is 5.99. The van der Waals surface area contributed by atoms with E-state index in [0.29, 0.717) is 5.82 Å². The molecule has 0 bridgehead atoms. The van der Waals surface area contributed by atoms with Crippen LogP contribution in [0, 0.1) is 13.8 Å². The van der Waals surface area contributed by atoms with Gasteiger partial charge >= 0.3 is 0 Å². The Kier molecular flexibility index (Phi) is 4.59. The van der Waals surface area contributed by atoms with Crippen LogP contribution in [0.15, 0.2) is 6.33 Å². The first-order chi connectivity index (χ1) is 10.7. The van der Waals surface area contributed by atoms with Gasteiger partial charge in [-0.1, -0.05) is 0 Å². The Morgan fingerprint density at radius 1 is 1.18 bits per heavy atom. The molecule has 0 aliphatic carbocycles. The molecule has 0 spiro atoms. The smallest absolute Gasteiger partial charge is 0.151 e. The van der Waals surface area contributed by atoms with E-state index in [9.17, 15) is 0 Å². The number of ether oxygens (including phenoxy) is 1. The first-order valence-corrected chi connectivity index (χ1v) is 8.04. The first-order valence-electron chi connectivity index (χ1n) is 8.04. The van der Waals surface area contributed by atoms with Gasteiger partial charge in [0.25, 0.3) is 0 Å². The third kappa shape index (κ3) is 3.08. The lowest BCUT2D eigenvalue weighted by Crippen LogP contribution is -2.36. The number of hydrogen-bond donors (Lipinski definition) is 1. The lowest BCUT2D eigenvalue weighted by Gasteiger charge is -2.26. The maximum Gasteiger partial charge on any atom is 0.151 e. The van der Waals surface area contributed by atoms with Crippen LogP contribution in [-0.2, 0) is 11.3 Å². The van der Waals surface area contributed by atoms with Crippen molar-refractivity contribution < 1.29 is 4.74 Å². The summed E-state index contributed by atoms with van der Waals surface area (Å²) in [4.78, 5) is 11.3. The highest BCUT2D eigenvalue weighted by molar-refractivity contribution is 5.88. The van der Waals surface area contributed by atoms with Crippen LogP contribution < -0.4 is 5.73 Å². The molecule has 22 heavy (non-hydrogen) atoms. The molecule has 0 amide bonds. The second-order valence-corrected chi connectivity index (χ2v) is 6.00. The molecular formula is C16H25N5O. The van der Waals surface area contributed by atoms with Gasteiger partial charge in [0.05, 0.1) is 25.1 Å². The van der Waals surface area contributed by atoms with Gasteiger partial charge in [-0.3, -0.25) is 4.90 Å². The highest BCUT2D eigenvalue weighted by Crippen LogP contribution is 2.24. The van der Waals surface area contributed by atoms with Crippen LogP contribution in [0.3, 0.4) is 0 Å².